The number of nitrogens with zero attached hydrogens (tertiary/aromatic N) is 3. The number of carbonyl (C=O) groups is 1. The summed E-state index contributed by atoms with van der Waals surface area (Å²) < 4.78 is 5.60. The van der Waals surface area contributed by atoms with E-state index < -0.39 is 0 Å². The molecule has 1 aromatic heterocycles. The summed E-state index contributed by atoms with van der Waals surface area (Å²) in [4.78, 5) is 20.8. The third-order valence-corrected chi connectivity index (χ3v) is 4.68. The predicted molar refractivity (Wildman–Crippen MR) is 103 cm³/mol. The van der Waals surface area contributed by atoms with Crippen molar-refractivity contribution in [2.24, 2.45) is 0 Å². The van der Waals surface area contributed by atoms with Crippen LogP contribution in [0.5, 0.6) is 0 Å². The Bertz CT molecular complexity index is 925. The van der Waals surface area contributed by atoms with Gasteiger partial charge in [-0.05, 0) is 30.3 Å². The number of amides is 1. The zero-order valence-electron chi connectivity index (χ0n) is 14.1. The first-order valence-corrected chi connectivity index (χ1v) is 8.90. The molecule has 2 heterocycles. The molecule has 6 heteroatoms. The molecule has 1 fully saturated rings. The number of halogens is 1. The molecular weight excluding hydrogens is 350 g/mol. The fraction of sp³-hybridized carbons (Fsp3) is 0.200. The van der Waals surface area contributed by atoms with Crippen LogP contribution >= 0.6 is 11.6 Å². The lowest BCUT2D eigenvalue weighted by atomic mass is 10.2. The van der Waals surface area contributed by atoms with Gasteiger partial charge < -0.3 is 14.2 Å². The second-order valence-corrected chi connectivity index (χ2v) is 6.58. The Hall–Kier alpha value is -2.79. The molecule has 0 radical (unpaired) electrons. The van der Waals surface area contributed by atoms with Gasteiger partial charge in [-0.3, -0.25) is 4.79 Å². The monoisotopic (exact) mass is 367 g/mol. The van der Waals surface area contributed by atoms with Gasteiger partial charge in [0, 0.05) is 49.0 Å². The zero-order valence-corrected chi connectivity index (χ0v) is 14.9. The summed E-state index contributed by atoms with van der Waals surface area (Å²) in [6, 6.07) is 15.3. The maximum atomic E-state index is 12.4. The number of hydrogen-bond acceptors (Lipinski definition) is 4. The van der Waals surface area contributed by atoms with Gasteiger partial charge in [-0.1, -0.05) is 29.8 Å². The van der Waals surface area contributed by atoms with Crippen molar-refractivity contribution in [2.75, 3.05) is 31.1 Å². The van der Waals surface area contributed by atoms with Gasteiger partial charge in [0.05, 0.1) is 0 Å². The van der Waals surface area contributed by atoms with Crippen molar-refractivity contribution in [3.05, 3.63) is 65.5 Å². The lowest BCUT2D eigenvalue weighted by Crippen LogP contribution is -2.48. The van der Waals surface area contributed by atoms with Gasteiger partial charge in [-0.25, -0.2) is 4.98 Å². The first-order valence-electron chi connectivity index (χ1n) is 8.52. The van der Waals surface area contributed by atoms with Crippen LogP contribution in [0.1, 0.15) is 5.89 Å². The van der Waals surface area contributed by atoms with E-state index in [2.05, 4.69) is 9.88 Å². The Morgan fingerprint density at radius 2 is 1.88 bits per heavy atom. The van der Waals surface area contributed by atoms with Crippen LogP contribution in [0.3, 0.4) is 0 Å². The first-order chi connectivity index (χ1) is 12.7. The molecule has 26 heavy (non-hydrogen) atoms. The number of anilines is 1. The SMILES string of the molecule is O=C(/C=C/c1nc2ccccc2o1)N1CCN(c2cccc(Cl)c2)CC1. The summed E-state index contributed by atoms with van der Waals surface area (Å²) in [6.07, 6.45) is 3.16. The maximum Gasteiger partial charge on any atom is 0.246 e. The van der Waals surface area contributed by atoms with E-state index in [-0.39, 0.29) is 5.91 Å². The van der Waals surface area contributed by atoms with E-state index >= 15 is 0 Å². The fourth-order valence-electron chi connectivity index (χ4n) is 3.07. The molecule has 0 spiro atoms. The molecule has 0 saturated carbocycles. The number of piperazine rings is 1. The van der Waals surface area contributed by atoms with Gasteiger partial charge >= 0.3 is 0 Å². The molecule has 5 nitrogen and oxygen atoms in total. The molecule has 4 rings (SSSR count). The minimum atomic E-state index is -0.0296. The van der Waals surface area contributed by atoms with Crippen LogP contribution in [0.2, 0.25) is 5.02 Å². The van der Waals surface area contributed by atoms with E-state index in [1.54, 1.807) is 6.08 Å². The number of para-hydroxylation sites is 2. The topological polar surface area (TPSA) is 49.6 Å². The van der Waals surface area contributed by atoms with Crippen molar-refractivity contribution in [2.45, 2.75) is 0 Å². The van der Waals surface area contributed by atoms with Gasteiger partial charge in [0.2, 0.25) is 11.8 Å². The second kappa shape index (κ2) is 7.22. The molecule has 0 aliphatic carbocycles. The van der Waals surface area contributed by atoms with Gasteiger partial charge in [0.15, 0.2) is 5.58 Å². The number of fused-ring (bicyclic) bond motifs is 1. The number of carbonyl (C=O) groups excluding carboxylic acids is 1. The van der Waals surface area contributed by atoms with Crippen molar-refractivity contribution in [3.8, 4) is 0 Å². The van der Waals surface area contributed by atoms with Crippen LogP contribution < -0.4 is 4.90 Å². The standard InChI is InChI=1S/C20H18ClN3O2/c21-15-4-3-5-16(14-15)23-10-12-24(13-11-23)20(25)9-8-19-22-17-6-1-2-7-18(17)26-19/h1-9,14H,10-13H2/b9-8+. The van der Waals surface area contributed by atoms with E-state index in [0.29, 0.717) is 19.0 Å². The van der Waals surface area contributed by atoms with E-state index in [0.717, 1.165) is 34.9 Å². The summed E-state index contributed by atoms with van der Waals surface area (Å²) in [6.45, 7) is 2.90. The Kier molecular flexibility index (Phi) is 4.63. The van der Waals surface area contributed by atoms with E-state index in [4.69, 9.17) is 16.0 Å². The number of rotatable bonds is 3. The van der Waals surface area contributed by atoms with Crippen molar-refractivity contribution < 1.29 is 9.21 Å². The van der Waals surface area contributed by atoms with E-state index in [1.807, 2.05) is 53.4 Å². The van der Waals surface area contributed by atoms with Gasteiger partial charge in [-0.15, -0.1) is 0 Å². The summed E-state index contributed by atoms with van der Waals surface area (Å²) >= 11 is 6.06. The lowest BCUT2D eigenvalue weighted by molar-refractivity contribution is -0.126. The summed E-state index contributed by atoms with van der Waals surface area (Å²) in [5.74, 6) is 0.412. The average Bonchev–Trinajstić information content (AvgIpc) is 3.09. The average molecular weight is 368 g/mol. The quantitative estimate of drug-likeness (QED) is 0.660. The number of oxazole rings is 1. The van der Waals surface area contributed by atoms with Crippen molar-refractivity contribution >= 4 is 40.4 Å². The number of benzene rings is 2. The molecule has 1 aliphatic heterocycles. The highest BCUT2D eigenvalue weighted by Crippen LogP contribution is 2.21. The second-order valence-electron chi connectivity index (χ2n) is 6.15. The Morgan fingerprint density at radius 3 is 2.65 bits per heavy atom. The van der Waals surface area contributed by atoms with Crippen molar-refractivity contribution in [3.63, 3.8) is 0 Å². The Balaban J connectivity index is 1.37. The van der Waals surface area contributed by atoms with Gasteiger partial charge in [0.1, 0.15) is 5.52 Å². The molecule has 1 aliphatic rings. The van der Waals surface area contributed by atoms with Crippen LogP contribution in [-0.4, -0.2) is 42.0 Å². The summed E-state index contributed by atoms with van der Waals surface area (Å²) in [5.41, 5.74) is 2.59. The third kappa shape index (κ3) is 3.58. The zero-order chi connectivity index (χ0) is 17.9. The van der Waals surface area contributed by atoms with Gasteiger partial charge in [-0.2, -0.15) is 0 Å². The van der Waals surface area contributed by atoms with Crippen LogP contribution in [0.15, 0.2) is 59.0 Å². The van der Waals surface area contributed by atoms with E-state index in [9.17, 15) is 4.79 Å². The highest BCUT2D eigenvalue weighted by atomic mass is 35.5. The minimum Gasteiger partial charge on any atom is -0.437 e. The molecule has 132 valence electrons. The maximum absolute atomic E-state index is 12.4. The van der Waals surface area contributed by atoms with Gasteiger partial charge in [0.25, 0.3) is 0 Å². The molecule has 3 aromatic rings. The highest BCUT2D eigenvalue weighted by Gasteiger charge is 2.20. The first kappa shape index (κ1) is 16.7. The van der Waals surface area contributed by atoms with Crippen LogP contribution in [0, 0.1) is 0 Å². The number of hydrogen-bond donors (Lipinski definition) is 0. The molecular formula is C20H18ClN3O2. The molecule has 1 saturated heterocycles. The smallest absolute Gasteiger partial charge is 0.246 e. The Labute approximate surface area is 156 Å². The molecule has 0 N–H and O–H groups in total. The molecule has 1 amide bonds. The summed E-state index contributed by atoms with van der Waals surface area (Å²) in [5, 5.41) is 0.724. The van der Waals surface area contributed by atoms with Crippen LogP contribution in [-0.2, 0) is 4.79 Å². The normalized spacial score (nSPS) is 15.1. The molecule has 0 atom stereocenters. The van der Waals surface area contributed by atoms with Crippen LogP contribution in [0.4, 0.5) is 5.69 Å². The third-order valence-electron chi connectivity index (χ3n) is 4.44. The fourth-order valence-corrected chi connectivity index (χ4v) is 3.25. The molecule has 2 aromatic carbocycles. The van der Waals surface area contributed by atoms with Crippen LogP contribution in [0.25, 0.3) is 17.2 Å². The number of aromatic nitrogens is 1. The van der Waals surface area contributed by atoms with E-state index in [1.165, 1.54) is 6.08 Å². The van der Waals surface area contributed by atoms with Crippen molar-refractivity contribution in [1.29, 1.82) is 0 Å². The largest absolute Gasteiger partial charge is 0.437 e. The molecule has 0 bridgehead atoms. The summed E-state index contributed by atoms with van der Waals surface area (Å²) in [7, 11) is 0. The predicted octanol–water partition coefficient (Wildman–Crippen LogP) is 3.84. The Morgan fingerprint density at radius 1 is 1.08 bits per heavy atom. The minimum absolute atomic E-state index is 0.0296. The lowest BCUT2D eigenvalue weighted by Gasteiger charge is -2.35. The van der Waals surface area contributed by atoms with Crippen molar-refractivity contribution in [1.82, 2.24) is 9.88 Å². The highest BCUT2D eigenvalue weighted by molar-refractivity contribution is 6.30. The molecule has 0 unspecified atom stereocenters.